The van der Waals surface area contributed by atoms with Crippen molar-refractivity contribution in [2.24, 2.45) is 5.73 Å². The van der Waals surface area contributed by atoms with Crippen LogP contribution in [0.25, 0.3) is 0 Å². The van der Waals surface area contributed by atoms with Crippen molar-refractivity contribution in [2.75, 3.05) is 0 Å². The van der Waals surface area contributed by atoms with Gasteiger partial charge in [0.05, 0.1) is 23.9 Å². The topological polar surface area (TPSA) is 67.6 Å². The Labute approximate surface area is 111 Å². The maximum atomic E-state index is 13.3. The molecular weight excluding hydrogens is 243 g/mol. The molecule has 2 aromatic rings. The van der Waals surface area contributed by atoms with Crippen molar-refractivity contribution in [3.05, 3.63) is 52.1 Å². The lowest BCUT2D eigenvalue weighted by Crippen LogP contribution is -2.07. The summed E-state index contributed by atoms with van der Waals surface area (Å²) in [5, 5.41) is 13.4. The lowest BCUT2D eigenvalue weighted by Gasteiger charge is -2.07. The van der Waals surface area contributed by atoms with Crippen molar-refractivity contribution < 1.29 is 4.39 Å². The monoisotopic (exact) mass is 258 g/mol. The van der Waals surface area contributed by atoms with E-state index in [-0.39, 0.29) is 5.82 Å². The van der Waals surface area contributed by atoms with Gasteiger partial charge < -0.3 is 5.73 Å². The first-order valence-corrected chi connectivity index (χ1v) is 5.98. The van der Waals surface area contributed by atoms with E-state index in [1.807, 2.05) is 13.8 Å². The zero-order chi connectivity index (χ0) is 14.0. The van der Waals surface area contributed by atoms with Gasteiger partial charge in [0, 0.05) is 17.8 Å². The molecule has 0 saturated heterocycles. The molecule has 0 aliphatic rings. The van der Waals surface area contributed by atoms with Crippen LogP contribution in [0.5, 0.6) is 0 Å². The Hall–Kier alpha value is -2.19. The van der Waals surface area contributed by atoms with Crippen molar-refractivity contribution in [2.45, 2.75) is 26.9 Å². The van der Waals surface area contributed by atoms with E-state index in [9.17, 15) is 4.39 Å². The zero-order valence-electron chi connectivity index (χ0n) is 10.9. The predicted octanol–water partition coefficient (Wildman–Crippen LogP) is 2.02. The average Bonchev–Trinajstić information content (AvgIpc) is 2.64. The lowest BCUT2D eigenvalue weighted by molar-refractivity contribution is 0.615. The number of hydrogen-bond donors (Lipinski definition) is 1. The summed E-state index contributed by atoms with van der Waals surface area (Å²) in [6.45, 7) is 4.61. The molecule has 4 nitrogen and oxygen atoms in total. The van der Waals surface area contributed by atoms with Gasteiger partial charge >= 0.3 is 0 Å². The molecule has 0 bridgehead atoms. The number of aryl methyl sites for hydroxylation is 1. The standard InChI is InChI=1S/C14H15FN4/c1-9-14(7-17)10(2)19(18-9)8-12-5-13(15)4-3-11(12)6-16/h3-5H,7-8,17H2,1-2H3. The Morgan fingerprint density at radius 1 is 1.42 bits per heavy atom. The molecule has 2 rings (SSSR count). The third-order valence-corrected chi connectivity index (χ3v) is 3.24. The number of nitrogens with two attached hydrogens (primary N) is 1. The smallest absolute Gasteiger partial charge is 0.123 e. The summed E-state index contributed by atoms with van der Waals surface area (Å²) in [5.74, 6) is -0.352. The molecule has 0 fully saturated rings. The van der Waals surface area contributed by atoms with Gasteiger partial charge in [0.15, 0.2) is 0 Å². The fourth-order valence-corrected chi connectivity index (χ4v) is 2.15. The van der Waals surface area contributed by atoms with Crippen LogP contribution in [0.3, 0.4) is 0 Å². The van der Waals surface area contributed by atoms with E-state index < -0.39 is 0 Å². The number of halogens is 1. The van der Waals surface area contributed by atoms with E-state index in [0.717, 1.165) is 17.0 Å². The lowest BCUT2D eigenvalue weighted by atomic mass is 10.1. The highest BCUT2D eigenvalue weighted by molar-refractivity contribution is 5.38. The normalized spacial score (nSPS) is 10.5. The van der Waals surface area contributed by atoms with Crippen molar-refractivity contribution in [1.82, 2.24) is 9.78 Å². The van der Waals surface area contributed by atoms with Crippen molar-refractivity contribution >= 4 is 0 Å². The van der Waals surface area contributed by atoms with Crippen molar-refractivity contribution in [3.63, 3.8) is 0 Å². The number of hydrogen-bond acceptors (Lipinski definition) is 3. The summed E-state index contributed by atoms with van der Waals surface area (Å²) in [7, 11) is 0. The van der Waals surface area contributed by atoms with E-state index >= 15 is 0 Å². The summed E-state index contributed by atoms with van der Waals surface area (Å²) >= 11 is 0. The van der Waals surface area contributed by atoms with Crippen LogP contribution in [0.2, 0.25) is 0 Å². The number of rotatable bonds is 3. The second kappa shape index (κ2) is 5.21. The second-order valence-corrected chi connectivity index (χ2v) is 4.42. The highest BCUT2D eigenvalue weighted by Crippen LogP contribution is 2.16. The molecule has 0 atom stereocenters. The SMILES string of the molecule is Cc1nn(Cc2cc(F)ccc2C#N)c(C)c1CN. The van der Waals surface area contributed by atoms with Crippen molar-refractivity contribution in [1.29, 1.82) is 5.26 Å². The van der Waals surface area contributed by atoms with Crippen LogP contribution in [0, 0.1) is 31.0 Å². The zero-order valence-corrected chi connectivity index (χ0v) is 10.9. The van der Waals surface area contributed by atoms with Gasteiger partial charge in [-0.15, -0.1) is 0 Å². The fourth-order valence-electron chi connectivity index (χ4n) is 2.15. The minimum absolute atomic E-state index is 0.352. The number of nitrogens with zero attached hydrogens (tertiary/aromatic N) is 3. The molecule has 1 aromatic heterocycles. The minimum atomic E-state index is -0.352. The van der Waals surface area contributed by atoms with E-state index in [0.29, 0.717) is 24.2 Å². The summed E-state index contributed by atoms with van der Waals surface area (Å²) in [5.41, 5.74) is 9.57. The van der Waals surface area contributed by atoms with Gasteiger partial charge in [-0.3, -0.25) is 4.68 Å². The first kappa shape index (κ1) is 13.2. The molecular formula is C14H15FN4. The fraction of sp³-hybridized carbons (Fsp3) is 0.286. The largest absolute Gasteiger partial charge is 0.326 e. The van der Waals surface area contributed by atoms with E-state index in [4.69, 9.17) is 11.0 Å². The highest BCUT2D eigenvalue weighted by atomic mass is 19.1. The van der Waals surface area contributed by atoms with Gasteiger partial charge in [0.25, 0.3) is 0 Å². The maximum Gasteiger partial charge on any atom is 0.123 e. The molecule has 1 aromatic carbocycles. The van der Waals surface area contributed by atoms with Crippen LogP contribution < -0.4 is 5.73 Å². The van der Waals surface area contributed by atoms with Crippen molar-refractivity contribution in [3.8, 4) is 6.07 Å². The first-order chi connectivity index (χ1) is 9.06. The molecule has 2 N–H and O–H groups in total. The summed E-state index contributed by atoms with van der Waals surface area (Å²) in [6.07, 6.45) is 0. The molecule has 98 valence electrons. The van der Waals surface area contributed by atoms with E-state index in [2.05, 4.69) is 11.2 Å². The minimum Gasteiger partial charge on any atom is -0.326 e. The van der Waals surface area contributed by atoms with E-state index in [1.54, 1.807) is 4.68 Å². The molecule has 1 heterocycles. The Morgan fingerprint density at radius 3 is 2.74 bits per heavy atom. The van der Waals surface area contributed by atoms with Gasteiger partial charge in [0.1, 0.15) is 5.82 Å². The molecule has 5 heteroatoms. The average molecular weight is 258 g/mol. The quantitative estimate of drug-likeness (QED) is 0.915. The van der Waals surface area contributed by atoms with Crippen LogP contribution in [-0.4, -0.2) is 9.78 Å². The predicted molar refractivity (Wildman–Crippen MR) is 69.8 cm³/mol. The third-order valence-electron chi connectivity index (χ3n) is 3.24. The molecule has 0 saturated carbocycles. The molecule has 0 aliphatic carbocycles. The molecule has 0 aliphatic heterocycles. The Bertz CT molecular complexity index is 652. The number of aromatic nitrogens is 2. The summed E-state index contributed by atoms with van der Waals surface area (Å²) in [6, 6.07) is 6.21. The molecule has 0 radical (unpaired) electrons. The van der Waals surface area contributed by atoms with Gasteiger partial charge in [-0.2, -0.15) is 10.4 Å². The molecule has 0 unspecified atom stereocenters. The Morgan fingerprint density at radius 2 is 2.16 bits per heavy atom. The van der Waals surface area contributed by atoms with Crippen LogP contribution >= 0.6 is 0 Å². The summed E-state index contributed by atoms with van der Waals surface area (Å²) in [4.78, 5) is 0. The first-order valence-electron chi connectivity index (χ1n) is 5.98. The second-order valence-electron chi connectivity index (χ2n) is 4.42. The van der Waals surface area contributed by atoms with Gasteiger partial charge in [-0.1, -0.05) is 0 Å². The van der Waals surface area contributed by atoms with Gasteiger partial charge in [0.2, 0.25) is 0 Å². The van der Waals surface area contributed by atoms with E-state index in [1.165, 1.54) is 18.2 Å². The molecule has 0 spiro atoms. The third kappa shape index (κ3) is 2.49. The maximum absolute atomic E-state index is 13.3. The van der Waals surface area contributed by atoms with Gasteiger partial charge in [-0.25, -0.2) is 4.39 Å². The van der Waals surface area contributed by atoms with Crippen LogP contribution in [0.1, 0.15) is 28.1 Å². The van der Waals surface area contributed by atoms with Gasteiger partial charge in [-0.05, 0) is 37.6 Å². The number of nitriles is 1. The van der Waals surface area contributed by atoms with Crippen LogP contribution in [-0.2, 0) is 13.1 Å². The van der Waals surface area contributed by atoms with Crippen LogP contribution in [0.15, 0.2) is 18.2 Å². The summed E-state index contributed by atoms with van der Waals surface area (Å²) < 4.78 is 15.0. The van der Waals surface area contributed by atoms with Crippen LogP contribution in [0.4, 0.5) is 4.39 Å². The Kier molecular flexibility index (Phi) is 3.63. The Balaban J connectivity index is 2.42. The molecule has 0 amide bonds. The highest BCUT2D eigenvalue weighted by Gasteiger charge is 2.12. The number of benzene rings is 1. The molecule has 19 heavy (non-hydrogen) atoms.